The zero-order valence-corrected chi connectivity index (χ0v) is 16.2. The van der Waals surface area contributed by atoms with Crippen molar-refractivity contribution in [3.8, 4) is 0 Å². The van der Waals surface area contributed by atoms with Crippen molar-refractivity contribution in [2.45, 2.75) is 32.6 Å². The Morgan fingerprint density at radius 3 is 2.56 bits per heavy atom. The van der Waals surface area contributed by atoms with E-state index in [0.717, 1.165) is 0 Å². The molecule has 138 valence electrons. The van der Waals surface area contributed by atoms with Gasteiger partial charge in [0.2, 0.25) is 6.29 Å². The molecular formula is C17H22Cl2N2O4. The first-order valence-electron chi connectivity index (χ1n) is 7.90. The summed E-state index contributed by atoms with van der Waals surface area (Å²) in [6.07, 6.45) is -1.31. The fourth-order valence-corrected chi connectivity index (χ4v) is 2.45. The van der Waals surface area contributed by atoms with Gasteiger partial charge in [-0.2, -0.15) is 0 Å². The molecule has 0 bridgehead atoms. The van der Waals surface area contributed by atoms with Gasteiger partial charge in [0.25, 0.3) is 5.91 Å². The number of hydrogen-bond acceptors (Lipinski definition) is 4. The molecule has 1 aromatic carbocycles. The molecule has 0 radical (unpaired) electrons. The van der Waals surface area contributed by atoms with Gasteiger partial charge in [0.05, 0.1) is 23.2 Å². The van der Waals surface area contributed by atoms with Crippen LogP contribution >= 0.6 is 23.2 Å². The first kappa shape index (κ1) is 19.8. The number of carbonyl (C=O) groups is 2. The third-order valence-corrected chi connectivity index (χ3v) is 4.74. The molecule has 0 aliphatic carbocycles. The normalized spacial score (nSPS) is 18.0. The average Bonchev–Trinajstić information content (AvgIpc) is 2.55. The van der Waals surface area contributed by atoms with E-state index < -0.39 is 12.4 Å². The van der Waals surface area contributed by atoms with E-state index in [1.165, 1.54) is 11.0 Å². The Hall–Kier alpha value is -1.50. The zero-order chi connectivity index (χ0) is 18.8. The molecular weight excluding hydrogens is 367 g/mol. The van der Waals surface area contributed by atoms with E-state index in [1.54, 1.807) is 24.1 Å². The molecule has 0 unspecified atom stereocenters. The number of ether oxygens (including phenoxy) is 2. The molecule has 2 amide bonds. The lowest BCUT2D eigenvalue weighted by molar-refractivity contribution is -0.147. The Morgan fingerprint density at radius 2 is 1.96 bits per heavy atom. The van der Waals surface area contributed by atoms with Crippen LogP contribution in [0.25, 0.3) is 0 Å². The van der Waals surface area contributed by atoms with Crippen LogP contribution in [0.5, 0.6) is 0 Å². The predicted octanol–water partition coefficient (Wildman–Crippen LogP) is 3.66. The van der Waals surface area contributed by atoms with Crippen LogP contribution in [0, 0.1) is 0 Å². The van der Waals surface area contributed by atoms with E-state index in [9.17, 15) is 9.59 Å². The molecule has 1 aliphatic rings. The Bertz CT molecular complexity index is 661. The quantitative estimate of drug-likeness (QED) is 0.775. The number of amides is 2. The van der Waals surface area contributed by atoms with Crippen molar-refractivity contribution in [1.82, 2.24) is 9.80 Å². The molecule has 0 N–H and O–H groups in total. The number of halogens is 2. The Morgan fingerprint density at radius 1 is 1.28 bits per heavy atom. The molecule has 0 aromatic heterocycles. The maximum absolute atomic E-state index is 12.6. The Kier molecular flexibility index (Phi) is 6.19. The summed E-state index contributed by atoms with van der Waals surface area (Å²) in [6, 6.07) is 4.71. The van der Waals surface area contributed by atoms with Crippen LogP contribution in [0.4, 0.5) is 4.79 Å². The molecule has 1 aliphatic heterocycles. The molecule has 1 atom stereocenters. The molecule has 1 heterocycles. The van der Waals surface area contributed by atoms with Crippen LogP contribution < -0.4 is 0 Å². The third-order valence-electron chi connectivity index (χ3n) is 4.00. The van der Waals surface area contributed by atoms with Gasteiger partial charge in [-0.05, 0) is 39.0 Å². The smallest absolute Gasteiger partial charge is 0.412 e. The topological polar surface area (TPSA) is 59.1 Å². The van der Waals surface area contributed by atoms with Crippen molar-refractivity contribution in [3.63, 3.8) is 0 Å². The van der Waals surface area contributed by atoms with E-state index in [-0.39, 0.29) is 24.6 Å². The van der Waals surface area contributed by atoms with Crippen LogP contribution in [-0.2, 0) is 9.47 Å². The van der Waals surface area contributed by atoms with Crippen LogP contribution in [-0.4, -0.2) is 60.4 Å². The first-order valence-corrected chi connectivity index (χ1v) is 8.65. The predicted molar refractivity (Wildman–Crippen MR) is 96.1 cm³/mol. The maximum atomic E-state index is 12.6. The zero-order valence-electron chi connectivity index (χ0n) is 14.7. The van der Waals surface area contributed by atoms with Gasteiger partial charge in [-0.1, -0.05) is 23.2 Å². The molecule has 0 spiro atoms. The minimum atomic E-state index is -0.808. The lowest BCUT2D eigenvalue weighted by Crippen LogP contribution is -2.50. The number of nitrogens with zero attached hydrogens (tertiary/aromatic N) is 2. The van der Waals surface area contributed by atoms with Crippen molar-refractivity contribution >= 4 is 35.2 Å². The summed E-state index contributed by atoms with van der Waals surface area (Å²) in [4.78, 5) is 27.8. The second-order valence-corrected chi connectivity index (χ2v) is 7.61. The van der Waals surface area contributed by atoms with Gasteiger partial charge in [-0.15, -0.1) is 0 Å². The summed E-state index contributed by atoms with van der Waals surface area (Å²) in [5, 5.41) is 0.702. The SMILES string of the molecule is CN(C(=O)O[C@H]1CN(C(=O)c2ccc(Cl)c(Cl)c2)CCO1)C(C)(C)C. The van der Waals surface area contributed by atoms with Crippen LogP contribution in [0.1, 0.15) is 31.1 Å². The molecule has 1 aromatic rings. The van der Waals surface area contributed by atoms with E-state index in [1.807, 2.05) is 20.8 Å². The van der Waals surface area contributed by atoms with Gasteiger partial charge < -0.3 is 19.3 Å². The molecule has 2 rings (SSSR count). The molecule has 0 saturated carbocycles. The summed E-state index contributed by atoms with van der Waals surface area (Å²) >= 11 is 11.8. The second kappa shape index (κ2) is 7.81. The number of morpholine rings is 1. The standard InChI is InChI=1S/C17H22Cl2N2O4/c1-17(2,3)20(4)16(23)25-14-10-21(7-8-24-14)15(22)11-5-6-12(18)13(19)9-11/h5-6,9,14H,7-8,10H2,1-4H3/t14-/m0/s1. The van der Waals surface area contributed by atoms with Crippen molar-refractivity contribution in [3.05, 3.63) is 33.8 Å². The summed E-state index contributed by atoms with van der Waals surface area (Å²) in [5.74, 6) is -0.216. The van der Waals surface area contributed by atoms with Gasteiger partial charge in [-0.25, -0.2) is 4.79 Å². The second-order valence-electron chi connectivity index (χ2n) is 6.79. The highest BCUT2D eigenvalue weighted by atomic mass is 35.5. The van der Waals surface area contributed by atoms with Crippen molar-refractivity contribution in [1.29, 1.82) is 0 Å². The van der Waals surface area contributed by atoms with E-state index in [0.29, 0.717) is 22.2 Å². The minimum absolute atomic E-state index is 0.156. The number of hydrogen-bond donors (Lipinski definition) is 0. The largest absolute Gasteiger partial charge is 0.417 e. The summed E-state index contributed by atoms with van der Waals surface area (Å²) in [5.41, 5.74) is 0.0505. The number of rotatable bonds is 2. The maximum Gasteiger partial charge on any atom is 0.412 e. The minimum Gasteiger partial charge on any atom is -0.417 e. The lowest BCUT2D eigenvalue weighted by atomic mass is 10.1. The molecule has 8 heteroatoms. The first-order chi connectivity index (χ1) is 11.6. The van der Waals surface area contributed by atoms with Crippen molar-refractivity contribution in [2.24, 2.45) is 0 Å². The fourth-order valence-electron chi connectivity index (χ4n) is 2.15. The van der Waals surface area contributed by atoms with Gasteiger partial charge in [0.15, 0.2) is 0 Å². The molecule has 1 fully saturated rings. The van der Waals surface area contributed by atoms with E-state index in [4.69, 9.17) is 32.7 Å². The van der Waals surface area contributed by atoms with Gasteiger partial charge in [0, 0.05) is 24.7 Å². The third kappa shape index (κ3) is 5.00. The van der Waals surface area contributed by atoms with E-state index in [2.05, 4.69) is 0 Å². The van der Waals surface area contributed by atoms with Crippen LogP contribution in [0.3, 0.4) is 0 Å². The highest BCUT2D eigenvalue weighted by Gasteiger charge is 2.31. The summed E-state index contributed by atoms with van der Waals surface area (Å²) < 4.78 is 10.8. The van der Waals surface area contributed by atoms with E-state index >= 15 is 0 Å². The van der Waals surface area contributed by atoms with Gasteiger partial charge >= 0.3 is 6.09 Å². The van der Waals surface area contributed by atoms with Crippen LogP contribution in [0.2, 0.25) is 10.0 Å². The fraction of sp³-hybridized carbons (Fsp3) is 0.529. The van der Waals surface area contributed by atoms with Gasteiger partial charge in [-0.3, -0.25) is 4.79 Å². The number of benzene rings is 1. The highest BCUT2D eigenvalue weighted by Crippen LogP contribution is 2.24. The van der Waals surface area contributed by atoms with Gasteiger partial charge in [0.1, 0.15) is 0 Å². The van der Waals surface area contributed by atoms with Crippen LogP contribution in [0.15, 0.2) is 18.2 Å². The molecule has 1 saturated heterocycles. The van der Waals surface area contributed by atoms with Crippen molar-refractivity contribution < 1.29 is 19.1 Å². The number of carbonyl (C=O) groups excluding carboxylic acids is 2. The monoisotopic (exact) mass is 388 g/mol. The summed E-state index contributed by atoms with van der Waals surface area (Å²) in [6.45, 7) is 6.54. The summed E-state index contributed by atoms with van der Waals surface area (Å²) in [7, 11) is 1.66. The molecule has 6 nitrogen and oxygen atoms in total. The van der Waals surface area contributed by atoms with Crippen molar-refractivity contribution in [2.75, 3.05) is 26.7 Å². The highest BCUT2D eigenvalue weighted by molar-refractivity contribution is 6.42. The Labute approximate surface area is 157 Å². The Balaban J connectivity index is 2.01. The lowest BCUT2D eigenvalue weighted by Gasteiger charge is -2.36. The average molecular weight is 389 g/mol. The molecule has 25 heavy (non-hydrogen) atoms.